The van der Waals surface area contributed by atoms with Gasteiger partial charge in [0, 0.05) is 31.4 Å². The van der Waals surface area contributed by atoms with Crippen LogP contribution in [0, 0.1) is 13.8 Å². The first-order valence-corrected chi connectivity index (χ1v) is 10.3. The predicted molar refractivity (Wildman–Crippen MR) is 118 cm³/mol. The van der Waals surface area contributed by atoms with Gasteiger partial charge in [0.1, 0.15) is 17.0 Å². The minimum Gasteiger partial charge on any atom is -0.497 e. The molecule has 1 aliphatic heterocycles. The summed E-state index contributed by atoms with van der Waals surface area (Å²) in [6, 6.07) is 5.51. The molecule has 2 aromatic heterocycles. The molecule has 0 spiro atoms. The number of aromatic nitrogens is 3. The third-order valence-electron chi connectivity index (χ3n) is 5.67. The molecule has 0 aliphatic carbocycles. The Morgan fingerprint density at radius 1 is 1.32 bits per heavy atom. The second kappa shape index (κ2) is 8.29. The average Bonchev–Trinajstić information content (AvgIpc) is 3.14. The van der Waals surface area contributed by atoms with Crippen LogP contribution in [0.3, 0.4) is 0 Å². The number of nitrogens with two attached hydrogens (primary N) is 1. The maximum absolute atomic E-state index is 12.9. The van der Waals surface area contributed by atoms with E-state index in [-0.39, 0.29) is 18.0 Å². The number of urea groups is 1. The zero-order valence-corrected chi connectivity index (χ0v) is 18.2. The molecule has 10 heteroatoms. The van der Waals surface area contributed by atoms with E-state index >= 15 is 0 Å². The Morgan fingerprint density at radius 3 is 2.84 bits per heavy atom. The van der Waals surface area contributed by atoms with Crippen molar-refractivity contribution in [2.75, 3.05) is 42.7 Å². The van der Waals surface area contributed by atoms with E-state index in [0.717, 1.165) is 23.4 Å². The van der Waals surface area contributed by atoms with Crippen LogP contribution in [0.1, 0.15) is 24.6 Å². The Morgan fingerprint density at radius 2 is 2.13 bits per heavy atom. The van der Waals surface area contributed by atoms with E-state index < -0.39 is 0 Å². The molecule has 0 unspecified atom stereocenters. The number of methoxy groups -OCH3 is 1. The van der Waals surface area contributed by atoms with Crippen LogP contribution in [0.2, 0.25) is 0 Å². The van der Waals surface area contributed by atoms with E-state index in [1.807, 2.05) is 36.9 Å². The Labute approximate surface area is 180 Å². The molecule has 1 aromatic carbocycles. The summed E-state index contributed by atoms with van der Waals surface area (Å²) in [5, 5.41) is 7.02. The summed E-state index contributed by atoms with van der Waals surface area (Å²) in [6.45, 7) is 7.53. The highest BCUT2D eigenvalue weighted by molar-refractivity contribution is 5.91. The average molecular weight is 425 g/mol. The molecule has 1 atom stereocenters. The van der Waals surface area contributed by atoms with Gasteiger partial charge in [-0.15, -0.1) is 0 Å². The molecule has 3 aromatic rings. The highest BCUT2D eigenvalue weighted by Gasteiger charge is 2.32. The number of nitrogen functional groups attached to an aromatic ring is 1. The fraction of sp³-hybridized carbons (Fsp3) is 0.429. The molecule has 0 bridgehead atoms. The molecule has 2 amide bonds. The molecule has 1 aliphatic rings. The number of nitrogens with one attached hydrogen (secondary N) is 1. The quantitative estimate of drug-likeness (QED) is 0.654. The first-order chi connectivity index (χ1) is 14.9. The molecule has 1 fully saturated rings. The number of fused-ring (bicyclic) bond motifs is 1. The number of amides is 2. The maximum atomic E-state index is 12.9. The SMILES string of the molecule is CC[C@H]1CN(C(=O)Nc2ccc(OC)cc2C)CCN1c1nc(N)nc2c(C)noc12. The van der Waals surface area contributed by atoms with Crippen LogP contribution in [0.15, 0.2) is 22.7 Å². The fourth-order valence-corrected chi connectivity index (χ4v) is 3.90. The first kappa shape index (κ1) is 20.7. The monoisotopic (exact) mass is 425 g/mol. The van der Waals surface area contributed by atoms with Crippen molar-refractivity contribution in [2.24, 2.45) is 0 Å². The molecule has 3 N–H and O–H groups in total. The number of nitrogens with zero attached hydrogens (tertiary/aromatic N) is 5. The van der Waals surface area contributed by atoms with Crippen LogP contribution in [0.5, 0.6) is 5.75 Å². The van der Waals surface area contributed by atoms with Crippen LogP contribution in [-0.4, -0.2) is 58.8 Å². The van der Waals surface area contributed by atoms with Gasteiger partial charge in [-0.3, -0.25) is 0 Å². The summed E-state index contributed by atoms with van der Waals surface area (Å²) in [5.74, 6) is 1.56. The summed E-state index contributed by atoms with van der Waals surface area (Å²) in [6.07, 6.45) is 0.823. The molecule has 0 radical (unpaired) electrons. The van der Waals surface area contributed by atoms with Crippen LogP contribution in [-0.2, 0) is 0 Å². The van der Waals surface area contributed by atoms with Gasteiger partial charge in [-0.25, -0.2) is 9.78 Å². The minimum absolute atomic E-state index is 0.0550. The maximum Gasteiger partial charge on any atom is 0.321 e. The van der Waals surface area contributed by atoms with Crippen LogP contribution in [0.25, 0.3) is 11.1 Å². The summed E-state index contributed by atoms with van der Waals surface area (Å²) in [4.78, 5) is 25.6. The molecular weight excluding hydrogens is 398 g/mol. The van der Waals surface area contributed by atoms with Gasteiger partial charge in [-0.05, 0) is 44.0 Å². The second-order valence-electron chi connectivity index (χ2n) is 7.66. The van der Waals surface area contributed by atoms with Crippen molar-refractivity contribution < 1.29 is 14.1 Å². The summed E-state index contributed by atoms with van der Waals surface area (Å²) in [5.41, 5.74) is 9.47. The van der Waals surface area contributed by atoms with Gasteiger partial charge >= 0.3 is 6.03 Å². The van der Waals surface area contributed by atoms with E-state index in [2.05, 4.69) is 32.3 Å². The highest BCUT2D eigenvalue weighted by Crippen LogP contribution is 2.30. The number of aryl methyl sites for hydroxylation is 2. The number of benzene rings is 1. The predicted octanol–water partition coefficient (Wildman–Crippen LogP) is 2.96. The van der Waals surface area contributed by atoms with Crippen molar-refractivity contribution in [2.45, 2.75) is 33.2 Å². The lowest BCUT2D eigenvalue weighted by Gasteiger charge is -2.41. The molecule has 4 rings (SSSR count). The Balaban J connectivity index is 1.52. The summed E-state index contributed by atoms with van der Waals surface area (Å²) in [7, 11) is 1.62. The standard InChI is InChI=1S/C21H27N7O3/c1-5-14-11-27(21(29)23-16-7-6-15(30-4)10-12(16)2)8-9-28(14)19-18-17(13(3)26-31-18)24-20(22)25-19/h6-7,10,14H,5,8-9,11H2,1-4H3,(H,23,29)(H2,22,24,25)/t14-/m0/s1. The van der Waals surface area contributed by atoms with Crippen molar-refractivity contribution in [3.63, 3.8) is 0 Å². The Kier molecular flexibility index (Phi) is 5.53. The number of carbonyl (C=O) groups is 1. The Bertz CT molecular complexity index is 1110. The molecule has 3 heterocycles. The fourth-order valence-electron chi connectivity index (χ4n) is 3.90. The van der Waals surface area contributed by atoms with E-state index in [0.29, 0.717) is 42.2 Å². The molecule has 1 saturated heterocycles. The van der Waals surface area contributed by atoms with Gasteiger partial charge < -0.3 is 30.1 Å². The van der Waals surface area contributed by atoms with E-state index in [1.54, 1.807) is 7.11 Å². The van der Waals surface area contributed by atoms with Crippen molar-refractivity contribution in [3.8, 4) is 5.75 Å². The highest BCUT2D eigenvalue weighted by atomic mass is 16.5. The zero-order valence-electron chi connectivity index (χ0n) is 18.2. The summed E-state index contributed by atoms with van der Waals surface area (Å²) >= 11 is 0. The lowest BCUT2D eigenvalue weighted by molar-refractivity contribution is 0.197. The van der Waals surface area contributed by atoms with Gasteiger partial charge in [-0.1, -0.05) is 12.1 Å². The first-order valence-electron chi connectivity index (χ1n) is 10.3. The normalized spacial score (nSPS) is 16.6. The number of hydrogen-bond donors (Lipinski definition) is 2. The van der Waals surface area contributed by atoms with Crippen molar-refractivity contribution in [3.05, 3.63) is 29.5 Å². The number of ether oxygens (including phenoxy) is 1. The lowest BCUT2D eigenvalue weighted by atomic mass is 10.1. The number of carbonyl (C=O) groups excluding carboxylic acids is 1. The molecular formula is C21H27N7O3. The minimum atomic E-state index is -0.130. The van der Waals surface area contributed by atoms with Crippen LogP contribution < -0.4 is 20.7 Å². The van der Waals surface area contributed by atoms with Gasteiger partial charge in [-0.2, -0.15) is 4.98 Å². The van der Waals surface area contributed by atoms with Crippen molar-refractivity contribution in [1.29, 1.82) is 0 Å². The number of rotatable bonds is 4. The lowest BCUT2D eigenvalue weighted by Crippen LogP contribution is -2.56. The molecule has 164 valence electrons. The molecule has 31 heavy (non-hydrogen) atoms. The van der Waals surface area contributed by atoms with Gasteiger partial charge in [0.05, 0.1) is 7.11 Å². The van der Waals surface area contributed by atoms with Crippen molar-refractivity contribution >= 4 is 34.6 Å². The van der Waals surface area contributed by atoms with Crippen LogP contribution in [0.4, 0.5) is 22.2 Å². The van der Waals surface area contributed by atoms with E-state index in [1.165, 1.54) is 0 Å². The third kappa shape index (κ3) is 3.92. The number of piperazine rings is 1. The van der Waals surface area contributed by atoms with Crippen molar-refractivity contribution in [1.82, 2.24) is 20.0 Å². The summed E-state index contributed by atoms with van der Waals surface area (Å²) < 4.78 is 10.7. The van der Waals surface area contributed by atoms with E-state index in [4.69, 9.17) is 15.0 Å². The molecule has 10 nitrogen and oxygen atoms in total. The van der Waals surface area contributed by atoms with Gasteiger partial charge in [0.15, 0.2) is 5.82 Å². The number of hydrogen-bond acceptors (Lipinski definition) is 8. The smallest absolute Gasteiger partial charge is 0.321 e. The zero-order chi connectivity index (χ0) is 22.1. The third-order valence-corrected chi connectivity index (χ3v) is 5.67. The Hall–Kier alpha value is -3.56. The van der Waals surface area contributed by atoms with E-state index in [9.17, 15) is 4.79 Å². The van der Waals surface area contributed by atoms with Crippen LogP contribution >= 0.6 is 0 Å². The van der Waals surface area contributed by atoms with Gasteiger partial charge in [0.25, 0.3) is 0 Å². The largest absolute Gasteiger partial charge is 0.497 e. The number of anilines is 3. The topological polar surface area (TPSA) is 123 Å². The molecule has 0 saturated carbocycles. The van der Waals surface area contributed by atoms with Gasteiger partial charge in [0.2, 0.25) is 11.5 Å². The second-order valence-corrected chi connectivity index (χ2v) is 7.66.